The van der Waals surface area contributed by atoms with Gasteiger partial charge in [-0.3, -0.25) is 14.8 Å². The SMILES string of the molecule is Clc1ccc2c(CN3CCN(C4CCNC4)CC3)nccc2c1. The molecule has 122 valence electrons. The highest BCUT2D eigenvalue weighted by Crippen LogP contribution is 2.22. The molecular weight excluding hydrogens is 308 g/mol. The molecule has 0 radical (unpaired) electrons. The minimum atomic E-state index is 0.745. The Morgan fingerprint density at radius 1 is 1.17 bits per heavy atom. The lowest BCUT2D eigenvalue weighted by molar-refractivity contribution is 0.0976. The summed E-state index contributed by atoms with van der Waals surface area (Å²) in [6.45, 7) is 7.85. The van der Waals surface area contributed by atoms with Crippen LogP contribution >= 0.6 is 11.6 Å². The van der Waals surface area contributed by atoms with Crippen molar-refractivity contribution < 1.29 is 0 Å². The molecule has 1 atom stereocenters. The lowest BCUT2D eigenvalue weighted by Crippen LogP contribution is -2.50. The zero-order chi connectivity index (χ0) is 15.6. The second kappa shape index (κ2) is 6.73. The van der Waals surface area contributed by atoms with Gasteiger partial charge >= 0.3 is 0 Å². The van der Waals surface area contributed by atoms with Crippen molar-refractivity contribution in [3.05, 3.63) is 41.2 Å². The van der Waals surface area contributed by atoms with Crippen LogP contribution in [0.3, 0.4) is 0 Å². The lowest BCUT2D eigenvalue weighted by atomic mass is 10.1. The Morgan fingerprint density at radius 2 is 2.04 bits per heavy atom. The van der Waals surface area contributed by atoms with Crippen molar-refractivity contribution in [1.82, 2.24) is 20.1 Å². The van der Waals surface area contributed by atoms with Gasteiger partial charge in [-0.05, 0) is 36.6 Å². The summed E-state index contributed by atoms with van der Waals surface area (Å²) in [5, 5.41) is 6.66. The number of pyridine rings is 1. The molecular formula is C18H23ClN4. The van der Waals surface area contributed by atoms with E-state index in [1.807, 2.05) is 24.4 Å². The molecule has 0 aliphatic carbocycles. The first-order valence-electron chi connectivity index (χ1n) is 8.50. The van der Waals surface area contributed by atoms with E-state index in [-0.39, 0.29) is 0 Å². The molecule has 0 bridgehead atoms. The molecule has 4 rings (SSSR count). The summed E-state index contributed by atoms with van der Waals surface area (Å²) in [7, 11) is 0. The van der Waals surface area contributed by atoms with Crippen LogP contribution in [0.4, 0.5) is 0 Å². The molecule has 0 amide bonds. The highest BCUT2D eigenvalue weighted by molar-refractivity contribution is 6.31. The average molecular weight is 331 g/mol. The summed E-state index contributed by atoms with van der Waals surface area (Å²) in [6.07, 6.45) is 3.19. The van der Waals surface area contributed by atoms with Gasteiger partial charge in [0, 0.05) is 61.9 Å². The van der Waals surface area contributed by atoms with E-state index in [0.717, 1.165) is 42.9 Å². The Kier molecular flexibility index (Phi) is 4.49. The Morgan fingerprint density at radius 3 is 2.83 bits per heavy atom. The molecule has 2 fully saturated rings. The summed E-state index contributed by atoms with van der Waals surface area (Å²) >= 11 is 6.10. The Bertz CT molecular complexity index is 676. The molecule has 23 heavy (non-hydrogen) atoms. The first-order valence-corrected chi connectivity index (χ1v) is 8.88. The van der Waals surface area contributed by atoms with Gasteiger partial charge in [0.05, 0.1) is 5.69 Å². The fourth-order valence-electron chi connectivity index (χ4n) is 3.79. The Labute approximate surface area is 142 Å². The van der Waals surface area contributed by atoms with Gasteiger partial charge in [-0.2, -0.15) is 0 Å². The standard InChI is InChI=1S/C18H23ClN4/c19-15-1-2-17-14(11-15)3-6-21-18(17)13-22-7-9-23(10-8-22)16-4-5-20-12-16/h1-3,6,11,16,20H,4-5,7-10,12-13H2. The Balaban J connectivity index is 1.43. The fraction of sp³-hybridized carbons (Fsp3) is 0.500. The summed E-state index contributed by atoms with van der Waals surface area (Å²) in [4.78, 5) is 9.79. The first-order chi connectivity index (χ1) is 11.3. The van der Waals surface area contributed by atoms with Crippen LogP contribution in [0, 0.1) is 0 Å². The summed E-state index contributed by atoms with van der Waals surface area (Å²) in [5.41, 5.74) is 1.16. The van der Waals surface area contributed by atoms with Gasteiger partial charge in [-0.1, -0.05) is 17.7 Å². The maximum atomic E-state index is 6.10. The van der Waals surface area contributed by atoms with Crippen LogP contribution in [0.1, 0.15) is 12.1 Å². The number of hydrogen-bond donors (Lipinski definition) is 1. The topological polar surface area (TPSA) is 31.4 Å². The number of rotatable bonds is 3. The maximum absolute atomic E-state index is 6.10. The third kappa shape index (κ3) is 3.36. The van der Waals surface area contributed by atoms with Crippen LogP contribution in [0.15, 0.2) is 30.5 Å². The second-order valence-corrected chi connectivity index (χ2v) is 7.02. The molecule has 3 heterocycles. The van der Waals surface area contributed by atoms with E-state index in [1.165, 1.54) is 36.8 Å². The van der Waals surface area contributed by atoms with Gasteiger partial charge in [0.25, 0.3) is 0 Å². The fourth-order valence-corrected chi connectivity index (χ4v) is 3.97. The molecule has 4 nitrogen and oxygen atoms in total. The number of fused-ring (bicyclic) bond motifs is 1. The van der Waals surface area contributed by atoms with Crippen molar-refractivity contribution in [1.29, 1.82) is 0 Å². The summed E-state index contributed by atoms with van der Waals surface area (Å²) in [6, 6.07) is 8.86. The van der Waals surface area contributed by atoms with Gasteiger partial charge in [0.2, 0.25) is 0 Å². The third-order valence-corrected chi connectivity index (χ3v) is 5.38. The van der Waals surface area contributed by atoms with E-state index in [1.54, 1.807) is 0 Å². The molecule has 5 heteroatoms. The van der Waals surface area contributed by atoms with Crippen molar-refractivity contribution in [3.8, 4) is 0 Å². The van der Waals surface area contributed by atoms with Crippen LogP contribution < -0.4 is 5.32 Å². The van der Waals surface area contributed by atoms with Crippen molar-refractivity contribution in [2.24, 2.45) is 0 Å². The number of piperazine rings is 1. The van der Waals surface area contributed by atoms with E-state index in [4.69, 9.17) is 11.6 Å². The number of aromatic nitrogens is 1. The van der Waals surface area contributed by atoms with E-state index >= 15 is 0 Å². The number of halogens is 1. The van der Waals surface area contributed by atoms with Crippen molar-refractivity contribution in [3.63, 3.8) is 0 Å². The zero-order valence-corrected chi connectivity index (χ0v) is 14.1. The van der Waals surface area contributed by atoms with Gasteiger partial charge < -0.3 is 5.32 Å². The molecule has 0 spiro atoms. The smallest absolute Gasteiger partial charge is 0.0622 e. The van der Waals surface area contributed by atoms with Crippen LogP contribution in [-0.2, 0) is 6.54 Å². The van der Waals surface area contributed by atoms with Crippen molar-refractivity contribution in [2.75, 3.05) is 39.3 Å². The van der Waals surface area contributed by atoms with E-state index in [0.29, 0.717) is 0 Å². The first kappa shape index (κ1) is 15.3. The molecule has 2 saturated heterocycles. The monoisotopic (exact) mass is 330 g/mol. The number of benzene rings is 1. The predicted octanol–water partition coefficient (Wildman–Crippen LogP) is 2.37. The van der Waals surface area contributed by atoms with Gasteiger partial charge in [-0.25, -0.2) is 0 Å². The highest BCUT2D eigenvalue weighted by atomic mass is 35.5. The van der Waals surface area contributed by atoms with E-state index < -0.39 is 0 Å². The Hall–Kier alpha value is -1.20. The lowest BCUT2D eigenvalue weighted by Gasteiger charge is -2.37. The third-order valence-electron chi connectivity index (χ3n) is 5.14. The largest absolute Gasteiger partial charge is 0.315 e. The molecule has 1 N–H and O–H groups in total. The zero-order valence-electron chi connectivity index (χ0n) is 13.3. The maximum Gasteiger partial charge on any atom is 0.0622 e. The summed E-state index contributed by atoms with van der Waals surface area (Å²) < 4.78 is 0. The number of nitrogens with one attached hydrogen (secondary N) is 1. The quantitative estimate of drug-likeness (QED) is 0.936. The van der Waals surface area contributed by atoms with E-state index in [9.17, 15) is 0 Å². The van der Waals surface area contributed by atoms with Crippen molar-refractivity contribution in [2.45, 2.75) is 19.0 Å². The summed E-state index contributed by atoms with van der Waals surface area (Å²) in [5.74, 6) is 0. The van der Waals surface area contributed by atoms with E-state index in [2.05, 4.69) is 26.2 Å². The predicted molar refractivity (Wildman–Crippen MR) is 94.9 cm³/mol. The minimum Gasteiger partial charge on any atom is -0.315 e. The molecule has 2 aliphatic rings. The van der Waals surface area contributed by atoms with Gasteiger partial charge in [0.1, 0.15) is 0 Å². The minimum absolute atomic E-state index is 0.745. The molecule has 2 aliphatic heterocycles. The highest BCUT2D eigenvalue weighted by Gasteiger charge is 2.26. The average Bonchev–Trinajstić information content (AvgIpc) is 3.10. The molecule has 1 unspecified atom stereocenters. The normalized spacial score (nSPS) is 23.6. The van der Waals surface area contributed by atoms with Gasteiger partial charge in [-0.15, -0.1) is 0 Å². The molecule has 1 aromatic heterocycles. The molecule has 1 aromatic carbocycles. The van der Waals surface area contributed by atoms with Crippen LogP contribution in [-0.4, -0.2) is 60.1 Å². The number of hydrogen-bond acceptors (Lipinski definition) is 4. The number of nitrogens with zero attached hydrogens (tertiary/aromatic N) is 3. The molecule has 0 saturated carbocycles. The molecule has 2 aromatic rings. The van der Waals surface area contributed by atoms with Crippen LogP contribution in [0.5, 0.6) is 0 Å². The van der Waals surface area contributed by atoms with Crippen LogP contribution in [0.2, 0.25) is 5.02 Å². The van der Waals surface area contributed by atoms with Crippen molar-refractivity contribution >= 4 is 22.4 Å². The van der Waals surface area contributed by atoms with Gasteiger partial charge in [0.15, 0.2) is 0 Å². The second-order valence-electron chi connectivity index (χ2n) is 6.58. The van der Waals surface area contributed by atoms with Crippen LogP contribution in [0.25, 0.3) is 10.8 Å².